The second-order valence-corrected chi connectivity index (χ2v) is 3.18. The van der Waals surface area contributed by atoms with Gasteiger partial charge in [0.2, 0.25) is 0 Å². The van der Waals surface area contributed by atoms with Gasteiger partial charge in [0.15, 0.2) is 0 Å². The van der Waals surface area contributed by atoms with Crippen molar-refractivity contribution in [1.82, 2.24) is 0 Å². The van der Waals surface area contributed by atoms with E-state index in [0.29, 0.717) is 0 Å². The van der Waals surface area contributed by atoms with Crippen LogP contribution in [0.15, 0.2) is 12.2 Å². The summed E-state index contributed by atoms with van der Waals surface area (Å²) in [6, 6.07) is 0. The molecule has 0 radical (unpaired) electrons. The van der Waals surface area contributed by atoms with E-state index in [0.717, 1.165) is 0 Å². The van der Waals surface area contributed by atoms with Crippen LogP contribution in [0, 0.1) is 11.8 Å². The topological polar surface area (TPSA) is 83.8 Å². The quantitative estimate of drug-likeness (QED) is 0.577. The lowest BCUT2D eigenvalue weighted by Crippen LogP contribution is -2.36. The second-order valence-electron chi connectivity index (χ2n) is 3.18. The van der Waals surface area contributed by atoms with E-state index >= 15 is 0 Å². The van der Waals surface area contributed by atoms with Gasteiger partial charge in [-0.05, 0) is 0 Å². The molecule has 2 aliphatic rings. The number of carboxylic acid groups (broad SMARTS) is 2. The molecule has 4 atom stereocenters. The van der Waals surface area contributed by atoms with Crippen molar-refractivity contribution in [2.45, 2.75) is 12.2 Å². The Balaban J connectivity index is 2.30. The maximum absolute atomic E-state index is 10.7. The Kier molecular flexibility index (Phi) is 1.63. The van der Waals surface area contributed by atoms with Gasteiger partial charge in [-0.1, -0.05) is 12.2 Å². The highest BCUT2D eigenvalue weighted by Crippen LogP contribution is 2.39. The fraction of sp³-hybridized carbons (Fsp3) is 0.500. The number of ether oxygens (including phenoxy) is 1. The molecule has 1 fully saturated rings. The Morgan fingerprint density at radius 2 is 1.38 bits per heavy atom. The fourth-order valence-electron chi connectivity index (χ4n) is 1.90. The molecule has 0 aromatic rings. The van der Waals surface area contributed by atoms with Gasteiger partial charge in [0.25, 0.3) is 0 Å². The summed E-state index contributed by atoms with van der Waals surface area (Å²) in [6.45, 7) is 0. The molecule has 70 valence electrons. The van der Waals surface area contributed by atoms with E-state index in [9.17, 15) is 9.59 Å². The number of aliphatic carboxylic acids is 2. The van der Waals surface area contributed by atoms with Gasteiger partial charge in [-0.3, -0.25) is 9.59 Å². The predicted octanol–water partition coefficient (Wildman–Crippen LogP) is -0.275. The summed E-state index contributed by atoms with van der Waals surface area (Å²) in [5.74, 6) is -4.09. The van der Waals surface area contributed by atoms with E-state index in [1.54, 1.807) is 12.2 Å². The number of hydrogen-bond donors (Lipinski definition) is 2. The van der Waals surface area contributed by atoms with E-state index in [4.69, 9.17) is 14.9 Å². The van der Waals surface area contributed by atoms with Crippen molar-refractivity contribution in [2.24, 2.45) is 11.8 Å². The van der Waals surface area contributed by atoms with Gasteiger partial charge in [-0.15, -0.1) is 0 Å². The van der Waals surface area contributed by atoms with Gasteiger partial charge in [0.05, 0.1) is 12.2 Å². The summed E-state index contributed by atoms with van der Waals surface area (Å²) < 4.78 is 5.15. The van der Waals surface area contributed by atoms with E-state index in [1.807, 2.05) is 0 Å². The first kappa shape index (κ1) is 8.25. The highest BCUT2D eigenvalue weighted by atomic mass is 16.5. The van der Waals surface area contributed by atoms with Crippen LogP contribution in [0.4, 0.5) is 0 Å². The molecular weight excluding hydrogens is 176 g/mol. The number of carbonyl (C=O) groups is 2. The van der Waals surface area contributed by atoms with Crippen molar-refractivity contribution in [3.8, 4) is 0 Å². The minimum absolute atomic E-state index is 0.566. The maximum Gasteiger partial charge on any atom is 0.310 e. The average molecular weight is 184 g/mol. The van der Waals surface area contributed by atoms with Crippen LogP contribution in [0.5, 0.6) is 0 Å². The van der Waals surface area contributed by atoms with Crippen molar-refractivity contribution in [1.29, 1.82) is 0 Å². The first-order chi connectivity index (χ1) is 6.11. The first-order valence-corrected chi connectivity index (χ1v) is 3.90. The molecular formula is C8H8O5. The highest BCUT2D eigenvalue weighted by Gasteiger charge is 2.53. The average Bonchev–Trinajstić information content (AvgIpc) is 2.60. The summed E-state index contributed by atoms with van der Waals surface area (Å²) in [6.07, 6.45) is 2.10. The molecule has 2 aliphatic heterocycles. The molecule has 2 unspecified atom stereocenters. The number of rotatable bonds is 2. The Morgan fingerprint density at radius 1 is 1.00 bits per heavy atom. The molecule has 13 heavy (non-hydrogen) atoms. The van der Waals surface area contributed by atoms with Crippen LogP contribution < -0.4 is 0 Å². The summed E-state index contributed by atoms with van der Waals surface area (Å²) in [5.41, 5.74) is 0. The molecule has 2 N–H and O–H groups in total. The van der Waals surface area contributed by atoms with Crippen LogP contribution >= 0.6 is 0 Å². The van der Waals surface area contributed by atoms with E-state index < -0.39 is 36.0 Å². The first-order valence-electron chi connectivity index (χ1n) is 3.90. The SMILES string of the molecule is O=C(O)[C@@H]1C2C=CC(O2)[C@@H]1C(=O)O. The zero-order valence-corrected chi connectivity index (χ0v) is 6.58. The lowest BCUT2D eigenvalue weighted by atomic mass is 9.83. The van der Waals surface area contributed by atoms with Crippen LogP contribution in [-0.2, 0) is 14.3 Å². The molecule has 0 aliphatic carbocycles. The van der Waals surface area contributed by atoms with Crippen molar-refractivity contribution >= 4 is 11.9 Å². The van der Waals surface area contributed by atoms with Crippen LogP contribution in [0.3, 0.4) is 0 Å². The number of fused-ring (bicyclic) bond motifs is 2. The smallest absolute Gasteiger partial charge is 0.310 e. The predicted molar refractivity (Wildman–Crippen MR) is 40.1 cm³/mol. The largest absolute Gasteiger partial charge is 0.481 e. The molecule has 0 saturated carbocycles. The van der Waals surface area contributed by atoms with E-state index in [-0.39, 0.29) is 0 Å². The standard InChI is InChI=1S/C8H8O5/c9-7(10)5-3-1-2-4(13-3)6(5)8(11)12/h1-6H,(H,9,10)(H,11,12)/t3?,4?,5-,6+. The monoisotopic (exact) mass is 184 g/mol. The van der Waals surface area contributed by atoms with Crippen LogP contribution in [-0.4, -0.2) is 34.4 Å². The molecule has 0 amide bonds. The third-order valence-electron chi connectivity index (χ3n) is 2.47. The van der Waals surface area contributed by atoms with Crippen molar-refractivity contribution in [3.05, 3.63) is 12.2 Å². The normalized spacial score (nSPS) is 40.9. The zero-order chi connectivity index (χ0) is 9.59. The Labute approximate surface area is 73.6 Å². The Hall–Kier alpha value is -1.36. The lowest BCUT2D eigenvalue weighted by molar-refractivity contribution is -0.152. The minimum Gasteiger partial charge on any atom is -0.481 e. The van der Waals surface area contributed by atoms with Crippen LogP contribution in [0.2, 0.25) is 0 Å². The molecule has 5 heteroatoms. The molecule has 0 aromatic carbocycles. The molecule has 5 nitrogen and oxygen atoms in total. The molecule has 2 heterocycles. The molecule has 2 rings (SSSR count). The second kappa shape index (κ2) is 2.56. The third-order valence-corrected chi connectivity index (χ3v) is 2.47. The summed E-state index contributed by atoms with van der Waals surface area (Å²) >= 11 is 0. The molecule has 0 aromatic heterocycles. The van der Waals surface area contributed by atoms with Crippen LogP contribution in [0.25, 0.3) is 0 Å². The lowest BCUT2D eigenvalue weighted by Gasteiger charge is -2.16. The minimum atomic E-state index is -1.11. The van der Waals surface area contributed by atoms with E-state index in [1.165, 1.54) is 0 Å². The van der Waals surface area contributed by atoms with Gasteiger partial charge in [0.1, 0.15) is 11.8 Å². The summed E-state index contributed by atoms with van der Waals surface area (Å²) in [4.78, 5) is 21.5. The van der Waals surface area contributed by atoms with Crippen molar-refractivity contribution in [2.75, 3.05) is 0 Å². The van der Waals surface area contributed by atoms with Crippen molar-refractivity contribution < 1.29 is 24.5 Å². The zero-order valence-electron chi connectivity index (χ0n) is 6.58. The fourth-order valence-corrected chi connectivity index (χ4v) is 1.90. The van der Waals surface area contributed by atoms with Gasteiger partial charge < -0.3 is 14.9 Å². The van der Waals surface area contributed by atoms with E-state index in [2.05, 4.69) is 0 Å². The molecule has 2 bridgehead atoms. The summed E-state index contributed by atoms with van der Waals surface area (Å²) in [7, 11) is 0. The molecule has 0 spiro atoms. The summed E-state index contributed by atoms with van der Waals surface area (Å²) in [5, 5.41) is 17.6. The highest BCUT2D eigenvalue weighted by molar-refractivity contribution is 5.82. The maximum atomic E-state index is 10.7. The van der Waals surface area contributed by atoms with Crippen molar-refractivity contribution in [3.63, 3.8) is 0 Å². The van der Waals surface area contributed by atoms with Gasteiger partial charge >= 0.3 is 11.9 Å². The van der Waals surface area contributed by atoms with Gasteiger partial charge in [-0.25, -0.2) is 0 Å². The Bertz CT molecular complexity index is 267. The van der Waals surface area contributed by atoms with Gasteiger partial charge in [-0.2, -0.15) is 0 Å². The number of carboxylic acids is 2. The van der Waals surface area contributed by atoms with Crippen LogP contribution in [0.1, 0.15) is 0 Å². The Morgan fingerprint density at radius 3 is 1.69 bits per heavy atom. The van der Waals surface area contributed by atoms with Gasteiger partial charge in [0, 0.05) is 0 Å². The third kappa shape index (κ3) is 1.04. The number of hydrogen-bond acceptors (Lipinski definition) is 3. The molecule has 1 saturated heterocycles.